The number of amides is 4. The average Bonchev–Trinajstić information content (AvgIpc) is 3.09. The summed E-state index contributed by atoms with van der Waals surface area (Å²) in [4.78, 5) is 67.3. The quantitative estimate of drug-likeness (QED) is 0.111. The van der Waals surface area contributed by atoms with Crippen LogP contribution in [0.15, 0.2) is 84.9 Å². The lowest BCUT2D eigenvalue weighted by atomic mass is 10.0. The molecule has 0 saturated carbocycles. The molecule has 0 fully saturated rings. The van der Waals surface area contributed by atoms with Gasteiger partial charge in [0.15, 0.2) is 0 Å². The molecule has 6 atom stereocenters. The van der Waals surface area contributed by atoms with Crippen LogP contribution in [0.25, 0.3) is 0 Å². The molecule has 4 amide bonds. The SMILES string of the molecule is C[C@@H](NC(=O)[C@@H](N)Cc1ccc(O)cc1)C(=O)N(C)[C@@H](Cc1ccccc1)C(=O)N[C@@H](Cc1ccccc1)C(=O)N[C@@H](CCS(C)=O)C(=O)O. The van der Waals surface area contributed by atoms with Gasteiger partial charge in [0.25, 0.3) is 0 Å². The van der Waals surface area contributed by atoms with E-state index in [2.05, 4.69) is 16.0 Å². The van der Waals surface area contributed by atoms with Crippen molar-refractivity contribution in [1.82, 2.24) is 20.9 Å². The van der Waals surface area contributed by atoms with Gasteiger partial charge in [0.1, 0.15) is 29.9 Å². The number of aromatic hydroxyl groups is 1. The van der Waals surface area contributed by atoms with Crippen molar-refractivity contribution in [3.8, 4) is 5.75 Å². The van der Waals surface area contributed by atoms with Gasteiger partial charge in [-0.1, -0.05) is 72.8 Å². The van der Waals surface area contributed by atoms with Crippen LogP contribution >= 0.6 is 0 Å². The maximum atomic E-state index is 14.0. The van der Waals surface area contributed by atoms with Crippen molar-refractivity contribution < 1.29 is 38.4 Å². The van der Waals surface area contributed by atoms with Crippen LogP contribution in [0.5, 0.6) is 5.75 Å². The van der Waals surface area contributed by atoms with E-state index in [1.165, 1.54) is 37.3 Å². The van der Waals surface area contributed by atoms with Gasteiger partial charge in [-0.05, 0) is 48.6 Å². The number of hydrogen-bond donors (Lipinski definition) is 6. The van der Waals surface area contributed by atoms with E-state index in [9.17, 15) is 38.4 Å². The third-order valence-corrected chi connectivity index (χ3v) is 8.88. The molecule has 14 heteroatoms. The molecular formula is C36H45N5O8S. The van der Waals surface area contributed by atoms with Gasteiger partial charge in [-0.15, -0.1) is 0 Å². The summed E-state index contributed by atoms with van der Waals surface area (Å²) in [5.74, 6) is -3.79. The Kier molecular flexibility index (Phi) is 15.1. The van der Waals surface area contributed by atoms with Crippen LogP contribution in [0.3, 0.4) is 0 Å². The minimum Gasteiger partial charge on any atom is -0.508 e. The molecule has 50 heavy (non-hydrogen) atoms. The zero-order chi connectivity index (χ0) is 36.8. The standard InChI is InChI=1S/C36H45N5O8S/c1-23(38-32(43)28(37)20-26-14-16-27(42)17-15-26)35(46)41(2)31(22-25-12-8-5-9-13-25)34(45)40-30(21-24-10-6-4-7-11-24)33(44)39-29(36(47)48)18-19-50(3)49/h4-17,23,28-31,42H,18-22,37H2,1-3H3,(H,38,43)(H,39,44)(H,40,45)(H,47,48)/t23-,28+,29+,30+,31+,50?/m1/s1. The van der Waals surface area contributed by atoms with Gasteiger partial charge in [-0.2, -0.15) is 0 Å². The summed E-state index contributed by atoms with van der Waals surface area (Å²) in [6.07, 6.45) is 1.60. The predicted octanol–water partition coefficient (Wildman–Crippen LogP) is 0.902. The van der Waals surface area contributed by atoms with E-state index in [1.54, 1.807) is 72.8 Å². The van der Waals surface area contributed by atoms with Crippen molar-refractivity contribution in [2.45, 2.75) is 62.8 Å². The predicted molar refractivity (Wildman–Crippen MR) is 189 cm³/mol. The van der Waals surface area contributed by atoms with Gasteiger partial charge in [0.05, 0.1) is 6.04 Å². The third kappa shape index (κ3) is 12.4. The maximum absolute atomic E-state index is 14.0. The number of nitrogens with zero attached hydrogens (tertiary/aromatic N) is 1. The highest BCUT2D eigenvalue weighted by atomic mass is 32.2. The van der Waals surface area contributed by atoms with Crippen molar-refractivity contribution in [2.24, 2.45) is 5.73 Å². The number of hydrogen-bond acceptors (Lipinski definition) is 8. The molecule has 0 aliphatic heterocycles. The highest BCUT2D eigenvalue weighted by molar-refractivity contribution is 7.84. The third-order valence-electron chi connectivity index (χ3n) is 8.07. The highest BCUT2D eigenvalue weighted by Gasteiger charge is 2.34. The molecule has 0 bridgehead atoms. The van der Waals surface area contributed by atoms with E-state index in [0.29, 0.717) is 11.1 Å². The Morgan fingerprint density at radius 3 is 1.80 bits per heavy atom. The van der Waals surface area contributed by atoms with Gasteiger partial charge in [-0.3, -0.25) is 23.4 Å². The van der Waals surface area contributed by atoms with Gasteiger partial charge >= 0.3 is 5.97 Å². The number of carbonyl (C=O) groups excluding carboxylic acids is 4. The zero-order valence-electron chi connectivity index (χ0n) is 28.3. The minimum atomic E-state index is -1.34. The number of phenolic OH excluding ortho intramolecular Hbond substituents is 1. The number of carboxylic acid groups (broad SMARTS) is 1. The summed E-state index contributed by atoms with van der Waals surface area (Å²) >= 11 is 0. The second-order valence-electron chi connectivity index (χ2n) is 12.1. The first-order valence-corrected chi connectivity index (χ1v) is 17.8. The molecule has 0 aliphatic carbocycles. The topological polar surface area (TPSA) is 208 Å². The lowest BCUT2D eigenvalue weighted by Crippen LogP contribution is -2.59. The molecule has 0 saturated heterocycles. The van der Waals surface area contributed by atoms with Crippen LogP contribution in [-0.2, 0) is 54.0 Å². The first-order valence-electron chi connectivity index (χ1n) is 16.1. The Hall–Kier alpha value is -5.08. The first-order chi connectivity index (χ1) is 23.7. The first kappa shape index (κ1) is 39.4. The summed E-state index contributed by atoms with van der Waals surface area (Å²) in [5, 5.41) is 27.0. The van der Waals surface area contributed by atoms with Crippen molar-refractivity contribution in [3.63, 3.8) is 0 Å². The zero-order valence-corrected chi connectivity index (χ0v) is 29.1. The molecule has 1 unspecified atom stereocenters. The largest absolute Gasteiger partial charge is 0.508 e. The number of benzene rings is 3. The van der Waals surface area contributed by atoms with Crippen molar-refractivity contribution >= 4 is 40.4 Å². The fraction of sp³-hybridized carbons (Fsp3) is 0.361. The molecular weight excluding hydrogens is 662 g/mol. The molecule has 3 aromatic carbocycles. The molecule has 13 nitrogen and oxygen atoms in total. The van der Waals surface area contributed by atoms with E-state index < -0.39 is 70.6 Å². The summed E-state index contributed by atoms with van der Waals surface area (Å²) in [7, 11) is 0.134. The Morgan fingerprint density at radius 2 is 1.26 bits per heavy atom. The van der Waals surface area contributed by atoms with E-state index in [0.717, 1.165) is 5.56 Å². The van der Waals surface area contributed by atoms with Crippen molar-refractivity contribution in [1.29, 1.82) is 0 Å². The van der Waals surface area contributed by atoms with Crippen LogP contribution < -0.4 is 21.7 Å². The van der Waals surface area contributed by atoms with Crippen LogP contribution in [0.4, 0.5) is 0 Å². The second-order valence-corrected chi connectivity index (χ2v) is 13.6. The molecule has 0 radical (unpaired) electrons. The molecule has 3 aromatic rings. The van der Waals surface area contributed by atoms with Gasteiger partial charge in [0, 0.05) is 42.7 Å². The number of likely N-dealkylation sites (N-methyl/N-ethyl adjacent to an activating group) is 1. The highest BCUT2D eigenvalue weighted by Crippen LogP contribution is 2.14. The monoisotopic (exact) mass is 707 g/mol. The van der Waals surface area contributed by atoms with Crippen molar-refractivity contribution in [3.05, 3.63) is 102 Å². The molecule has 3 rings (SSSR count). The summed E-state index contributed by atoms with van der Waals surface area (Å²) in [5.41, 5.74) is 8.23. The number of phenols is 1. The van der Waals surface area contributed by atoms with E-state index in [4.69, 9.17) is 5.73 Å². The number of rotatable bonds is 18. The van der Waals surface area contributed by atoms with Crippen LogP contribution in [-0.4, -0.2) is 98.2 Å². The van der Waals surface area contributed by atoms with Gasteiger partial charge in [0.2, 0.25) is 23.6 Å². The normalized spacial score (nSPS) is 14.6. The molecule has 0 aromatic heterocycles. The molecule has 0 aliphatic rings. The average molecular weight is 708 g/mol. The number of carbonyl (C=O) groups is 5. The maximum Gasteiger partial charge on any atom is 0.326 e. The van der Waals surface area contributed by atoms with Crippen LogP contribution in [0.2, 0.25) is 0 Å². The second kappa shape index (κ2) is 19.2. The Balaban J connectivity index is 1.82. The fourth-order valence-corrected chi connectivity index (χ4v) is 5.77. The Labute approximate surface area is 294 Å². The summed E-state index contributed by atoms with van der Waals surface area (Å²) in [6, 6.07) is 18.2. The molecule has 268 valence electrons. The van der Waals surface area contributed by atoms with E-state index in [1.807, 2.05) is 0 Å². The van der Waals surface area contributed by atoms with E-state index in [-0.39, 0.29) is 37.2 Å². The van der Waals surface area contributed by atoms with Gasteiger partial charge < -0.3 is 36.8 Å². The minimum absolute atomic E-state index is 0.0194. The lowest BCUT2D eigenvalue weighted by molar-refractivity contribution is -0.143. The number of nitrogens with one attached hydrogen (secondary N) is 3. The molecule has 7 N–H and O–H groups in total. The Bertz CT molecular complexity index is 1620. The van der Waals surface area contributed by atoms with Gasteiger partial charge in [-0.25, -0.2) is 4.79 Å². The lowest BCUT2D eigenvalue weighted by Gasteiger charge is -2.31. The summed E-state index contributed by atoms with van der Waals surface area (Å²) < 4.78 is 11.6. The number of carboxylic acids is 1. The Morgan fingerprint density at radius 1 is 0.740 bits per heavy atom. The molecule has 0 spiro atoms. The van der Waals surface area contributed by atoms with Crippen molar-refractivity contribution in [2.75, 3.05) is 19.1 Å². The number of nitrogens with two attached hydrogens (primary N) is 1. The van der Waals surface area contributed by atoms with Crippen LogP contribution in [0.1, 0.15) is 30.0 Å². The number of aliphatic carboxylic acids is 1. The molecule has 0 heterocycles. The fourth-order valence-electron chi connectivity index (χ4n) is 5.20. The van der Waals surface area contributed by atoms with E-state index >= 15 is 0 Å². The smallest absolute Gasteiger partial charge is 0.326 e. The summed E-state index contributed by atoms with van der Waals surface area (Å²) in [6.45, 7) is 1.47. The van der Waals surface area contributed by atoms with Crippen LogP contribution in [0, 0.1) is 0 Å².